The summed E-state index contributed by atoms with van der Waals surface area (Å²) in [7, 11) is 0. The average Bonchev–Trinajstić information content (AvgIpc) is 3.35. The zero-order valence-corrected chi connectivity index (χ0v) is 15.7. The summed E-state index contributed by atoms with van der Waals surface area (Å²) >= 11 is 0. The van der Waals surface area contributed by atoms with Gasteiger partial charge >= 0.3 is 0 Å². The molecule has 1 aliphatic rings. The predicted octanol–water partition coefficient (Wildman–Crippen LogP) is 3.88. The third kappa shape index (κ3) is 2.90. The van der Waals surface area contributed by atoms with Crippen LogP contribution in [-0.2, 0) is 17.9 Å². The van der Waals surface area contributed by atoms with Crippen molar-refractivity contribution >= 4 is 0 Å². The summed E-state index contributed by atoms with van der Waals surface area (Å²) in [5.74, 6) is 0.904. The van der Waals surface area contributed by atoms with E-state index in [1.807, 2.05) is 35.9 Å². The first kappa shape index (κ1) is 16.8. The summed E-state index contributed by atoms with van der Waals surface area (Å²) in [6, 6.07) is 16.3. The maximum atomic E-state index is 6.07. The van der Waals surface area contributed by atoms with Crippen molar-refractivity contribution in [3.05, 3.63) is 70.9 Å². The van der Waals surface area contributed by atoms with Crippen molar-refractivity contribution in [2.75, 3.05) is 0 Å². The van der Waals surface area contributed by atoms with E-state index in [4.69, 9.17) is 9.26 Å². The Kier molecular flexibility index (Phi) is 4.02. The number of rotatable bonds is 3. The van der Waals surface area contributed by atoms with Gasteiger partial charge in [-0.15, -0.1) is 5.10 Å². The van der Waals surface area contributed by atoms with Crippen LogP contribution in [0.2, 0.25) is 0 Å². The van der Waals surface area contributed by atoms with Crippen LogP contribution in [0.1, 0.15) is 28.5 Å². The van der Waals surface area contributed by atoms with Crippen molar-refractivity contribution in [2.45, 2.75) is 33.1 Å². The van der Waals surface area contributed by atoms with Crippen molar-refractivity contribution in [3.63, 3.8) is 0 Å². The number of aryl methyl sites for hydroxylation is 2. The quantitative estimate of drug-likeness (QED) is 0.542. The van der Waals surface area contributed by atoms with Crippen LogP contribution in [0.25, 0.3) is 23.0 Å². The highest BCUT2D eigenvalue weighted by atomic mass is 16.5. The minimum Gasteiger partial charge on any atom is -0.365 e. The van der Waals surface area contributed by atoms with Crippen LogP contribution in [0.3, 0.4) is 0 Å². The third-order valence-corrected chi connectivity index (χ3v) is 5.06. The lowest BCUT2D eigenvalue weighted by molar-refractivity contribution is -0.00112. The second kappa shape index (κ2) is 6.69. The molecule has 0 bridgehead atoms. The molecule has 0 saturated heterocycles. The molecule has 0 N–H and O–H groups in total. The van der Waals surface area contributed by atoms with Gasteiger partial charge in [0.2, 0.25) is 5.82 Å². The topological polar surface area (TPSA) is 78.9 Å². The van der Waals surface area contributed by atoms with Gasteiger partial charge in [-0.05, 0) is 31.0 Å². The van der Waals surface area contributed by atoms with Gasteiger partial charge < -0.3 is 9.26 Å². The highest BCUT2D eigenvalue weighted by molar-refractivity contribution is 5.61. The predicted molar refractivity (Wildman–Crippen MR) is 102 cm³/mol. The Morgan fingerprint density at radius 3 is 2.68 bits per heavy atom. The van der Waals surface area contributed by atoms with Crippen LogP contribution in [0.15, 0.2) is 53.1 Å². The summed E-state index contributed by atoms with van der Waals surface area (Å²) in [5.41, 5.74) is 5.82. The van der Waals surface area contributed by atoms with Crippen LogP contribution < -0.4 is 0 Å². The lowest BCUT2D eigenvalue weighted by Gasteiger charge is -2.24. The molecule has 7 nitrogen and oxygen atoms in total. The van der Waals surface area contributed by atoms with Gasteiger partial charge in [0.25, 0.3) is 5.89 Å². The van der Waals surface area contributed by atoms with E-state index >= 15 is 0 Å². The Morgan fingerprint density at radius 2 is 1.86 bits per heavy atom. The van der Waals surface area contributed by atoms with Crippen LogP contribution in [0.5, 0.6) is 0 Å². The third-order valence-electron chi connectivity index (χ3n) is 5.06. The van der Waals surface area contributed by atoms with Gasteiger partial charge in [-0.1, -0.05) is 58.4 Å². The first-order valence-corrected chi connectivity index (χ1v) is 9.19. The number of nitrogens with zero attached hydrogens (tertiary/aromatic N) is 5. The van der Waals surface area contributed by atoms with Crippen LogP contribution in [0.4, 0.5) is 0 Å². The van der Waals surface area contributed by atoms with E-state index in [0.29, 0.717) is 30.6 Å². The summed E-state index contributed by atoms with van der Waals surface area (Å²) < 4.78 is 13.4. The van der Waals surface area contributed by atoms with E-state index in [1.54, 1.807) is 0 Å². The number of fused-ring (bicyclic) bond motifs is 1. The first-order valence-electron chi connectivity index (χ1n) is 9.19. The molecule has 1 atom stereocenters. The Balaban J connectivity index is 1.43. The molecule has 2 aromatic heterocycles. The largest absolute Gasteiger partial charge is 0.365 e. The molecule has 1 aliphatic heterocycles. The number of hydrogen-bond acceptors (Lipinski definition) is 6. The van der Waals surface area contributed by atoms with Gasteiger partial charge in [0.1, 0.15) is 6.10 Å². The van der Waals surface area contributed by atoms with Crippen molar-refractivity contribution in [1.29, 1.82) is 0 Å². The molecule has 0 spiro atoms. The minimum atomic E-state index is -0.0459. The molecule has 3 heterocycles. The number of aromatic nitrogens is 5. The molecule has 140 valence electrons. The molecule has 1 unspecified atom stereocenters. The summed E-state index contributed by atoms with van der Waals surface area (Å²) in [4.78, 5) is 4.53. The van der Waals surface area contributed by atoms with Crippen LogP contribution >= 0.6 is 0 Å². The van der Waals surface area contributed by atoms with Gasteiger partial charge in [-0.2, -0.15) is 4.98 Å². The number of benzene rings is 2. The van der Waals surface area contributed by atoms with Crippen molar-refractivity contribution in [3.8, 4) is 23.0 Å². The zero-order chi connectivity index (χ0) is 19.1. The lowest BCUT2D eigenvalue weighted by Crippen LogP contribution is -2.22. The van der Waals surface area contributed by atoms with Gasteiger partial charge in [-0.25, -0.2) is 4.68 Å². The standard InChI is InChI=1S/C21H19N5O2/c1-13-7-9-15(10-8-13)18-11-26-17(12-27-18)19(23-25-26)20-22-21(28-24-20)16-6-4-3-5-14(16)2/h3-10,18H,11-12H2,1-2H3. The molecule has 28 heavy (non-hydrogen) atoms. The Hall–Kier alpha value is -3.32. The van der Waals surface area contributed by atoms with E-state index in [0.717, 1.165) is 22.4 Å². The number of ether oxygens (including phenoxy) is 1. The fraction of sp³-hybridized carbons (Fsp3) is 0.238. The molecule has 0 fully saturated rings. The zero-order valence-electron chi connectivity index (χ0n) is 15.7. The molecule has 0 saturated carbocycles. The highest BCUT2D eigenvalue weighted by Crippen LogP contribution is 2.31. The second-order valence-electron chi connectivity index (χ2n) is 7.02. The molecular weight excluding hydrogens is 354 g/mol. The van der Waals surface area contributed by atoms with Gasteiger partial charge in [0.15, 0.2) is 5.69 Å². The van der Waals surface area contributed by atoms with Gasteiger partial charge in [0, 0.05) is 5.56 Å². The SMILES string of the molecule is Cc1ccc(C2Cn3nnc(-c4noc(-c5ccccc5C)n4)c3CO2)cc1. The summed E-state index contributed by atoms with van der Waals surface area (Å²) in [5, 5.41) is 12.7. The monoisotopic (exact) mass is 373 g/mol. The Morgan fingerprint density at radius 1 is 1.04 bits per heavy atom. The molecule has 0 aliphatic carbocycles. The van der Waals surface area contributed by atoms with Crippen LogP contribution in [-0.4, -0.2) is 25.1 Å². The maximum Gasteiger partial charge on any atom is 0.258 e. The van der Waals surface area contributed by atoms with Gasteiger partial charge in [0.05, 0.1) is 18.8 Å². The fourth-order valence-electron chi connectivity index (χ4n) is 3.41. The smallest absolute Gasteiger partial charge is 0.258 e. The van der Waals surface area contributed by atoms with Crippen molar-refractivity contribution in [2.24, 2.45) is 0 Å². The Bertz CT molecular complexity index is 1130. The van der Waals surface area contributed by atoms with E-state index in [-0.39, 0.29) is 6.10 Å². The highest BCUT2D eigenvalue weighted by Gasteiger charge is 2.27. The molecule has 4 aromatic rings. The second-order valence-corrected chi connectivity index (χ2v) is 7.02. The molecule has 0 amide bonds. The molecule has 0 radical (unpaired) electrons. The number of hydrogen-bond donors (Lipinski definition) is 0. The normalized spacial score (nSPS) is 16.1. The summed E-state index contributed by atoms with van der Waals surface area (Å²) in [6.45, 7) is 5.09. The molecular formula is C21H19N5O2. The van der Waals surface area contributed by atoms with E-state index in [1.165, 1.54) is 5.56 Å². The average molecular weight is 373 g/mol. The first-order chi connectivity index (χ1) is 13.7. The molecule has 2 aromatic carbocycles. The molecule has 5 rings (SSSR count). The minimum absolute atomic E-state index is 0.0459. The summed E-state index contributed by atoms with van der Waals surface area (Å²) in [6.07, 6.45) is -0.0459. The van der Waals surface area contributed by atoms with Gasteiger partial charge in [-0.3, -0.25) is 0 Å². The van der Waals surface area contributed by atoms with E-state index < -0.39 is 0 Å². The maximum absolute atomic E-state index is 6.07. The van der Waals surface area contributed by atoms with Crippen molar-refractivity contribution in [1.82, 2.24) is 25.1 Å². The fourth-order valence-corrected chi connectivity index (χ4v) is 3.41. The van der Waals surface area contributed by atoms with E-state index in [9.17, 15) is 0 Å². The van der Waals surface area contributed by atoms with E-state index in [2.05, 4.69) is 51.6 Å². The lowest BCUT2D eigenvalue weighted by atomic mass is 10.1. The van der Waals surface area contributed by atoms with Crippen molar-refractivity contribution < 1.29 is 9.26 Å². The van der Waals surface area contributed by atoms with Crippen LogP contribution in [0, 0.1) is 13.8 Å². The molecule has 7 heteroatoms. The Labute approximate surface area is 162 Å².